The Morgan fingerprint density at radius 3 is 2.28 bits per heavy atom. The second kappa shape index (κ2) is 7.38. The Labute approximate surface area is 192 Å². The van der Waals surface area contributed by atoms with E-state index in [1.165, 1.54) is 0 Å². The van der Waals surface area contributed by atoms with Crippen molar-refractivity contribution in [2.24, 2.45) is 51.2 Å². The lowest BCUT2D eigenvalue weighted by Crippen LogP contribution is -2.66. The summed E-state index contributed by atoms with van der Waals surface area (Å²) in [6.07, 6.45) is 4.66. The Hall–Kier alpha value is -1.23. The summed E-state index contributed by atoms with van der Waals surface area (Å²) >= 11 is 0. The lowest BCUT2D eigenvalue weighted by Gasteiger charge is -2.65. The molecule has 180 valence electrons. The molecule has 0 aromatic rings. The number of aliphatic carboxylic acids is 1. The van der Waals surface area contributed by atoms with Gasteiger partial charge in [0.05, 0.1) is 6.10 Å². The molecule has 0 unspecified atom stereocenters. The number of carboxylic acids is 1. The van der Waals surface area contributed by atoms with Crippen LogP contribution in [0, 0.1) is 51.2 Å². The summed E-state index contributed by atoms with van der Waals surface area (Å²) < 4.78 is 0. The first-order valence-electron chi connectivity index (χ1n) is 12.7. The molecule has 0 amide bonds. The third-order valence-electron chi connectivity index (χ3n) is 11.5. The summed E-state index contributed by atoms with van der Waals surface area (Å²) in [5.41, 5.74) is -1.14. The fourth-order valence-electron chi connectivity index (χ4n) is 9.38. The number of carbonyl (C=O) groups excluding carboxylic acids is 2. The molecule has 0 aromatic carbocycles. The van der Waals surface area contributed by atoms with Gasteiger partial charge in [-0.1, -0.05) is 41.5 Å². The lowest BCUT2D eigenvalue weighted by molar-refractivity contribution is -0.200. The van der Waals surface area contributed by atoms with Crippen molar-refractivity contribution in [3.8, 4) is 0 Å². The quantitative estimate of drug-likeness (QED) is 0.641. The van der Waals surface area contributed by atoms with Crippen LogP contribution in [0.1, 0.15) is 92.9 Å². The zero-order valence-electron chi connectivity index (χ0n) is 20.7. The van der Waals surface area contributed by atoms with Crippen LogP contribution in [0.5, 0.6) is 0 Å². The fourth-order valence-corrected chi connectivity index (χ4v) is 9.38. The number of aliphatic hydroxyl groups is 1. The minimum absolute atomic E-state index is 0.0242. The van der Waals surface area contributed by atoms with E-state index in [1.807, 2.05) is 0 Å². The second-order valence-electron chi connectivity index (χ2n) is 13.1. The van der Waals surface area contributed by atoms with Gasteiger partial charge < -0.3 is 10.2 Å². The van der Waals surface area contributed by atoms with E-state index in [4.69, 9.17) is 5.11 Å². The molecule has 0 spiro atoms. The molecular formula is C27H42O5. The standard InChI is InChI=1S/C27H42O5/c1-15(7-8-21(31)32)16-9-12-26(5)23-17(28)13-19-24(2,3)20(30)10-11-25(19,4)22(23)18(29)14-27(16,26)6/h15-16,19-20,22-23,30H,7-14H2,1-6H3,(H,31,32)/t15-,16+,19+,20-,22+,23-,25+,26+,27-/m1/s1. The van der Waals surface area contributed by atoms with Gasteiger partial charge in [0, 0.05) is 31.1 Å². The summed E-state index contributed by atoms with van der Waals surface area (Å²) in [4.78, 5) is 38.9. The van der Waals surface area contributed by atoms with Crippen LogP contribution in [0.3, 0.4) is 0 Å². The number of hydrogen-bond donors (Lipinski definition) is 2. The molecular weight excluding hydrogens is 404 g/mol. The maximum absolute atomic E-state index is 13.9. The molecule has 4 fully saturated rings. The highest BCUT2D eigenvalue weighted by molar-refractivity contribution is 5.94. The van der Waals surface area contributed by atoms with Crippen LogP contribution < -0.4 is 0 Å². The Balaban J connectivity index is 1.72. The Kier molecular flexibility index (Phi) is 5.52. The van der Waals surface area contributed by atoms with Crippen molar-refractivity contribution in [2.45, 2.75) is 99.0 Å². The molecule has 0 heterocycles. The minimum Gasteiger partial charge on any atom is -0.481 e. The molecule has 9 atom stereocenters. The molecule has 0 bridgehead atoms. The lowest BCUT2D eigenvalue weighted by atomic mass is 9.37. The third-order valence-corrected chi connectivity index (χ3v) is 11.5. The number of hydrogen-bond acceptors (Lipinski definition) is 4. The molecule has 4 rings (SSSR count). The number of aliphatic hydroxyl groups excluding tert-OH is 1. The SMILES string of the molecule is C[C@H](CCC(=O)O)[C@@H]1CC[C@@]2(C)[C@@H]3C(=O)C[C@H]4C(C)(C)[C@H](O)CC[C@]4(C)[C@H]3C(=O)C[C@]12C. The van der Waals surface area contributed by atoms with Crippen molar-refractivity contribution in [3.63, 3.8) is 0 Å². The van der Waals surface area contributed by atoms with E-state index in [9.17, 15) is 19.5 Å². The Morgan fingerprint density at radius 1 is 1.00 bits per heavy atom. The molecule has 5 nitrogen and oxygen atoms in total. The van der Waals surface area contributed by atoms with Gasteiger partial charge in [-0.25, -0.2) is 0 Å². The highest BCUT2D eigenvalue weighted by Crippen LogP contribution is 2.73. The van der Waals surface area contributed by atoms with E-state index in [2.05, 4.69) is 41.5 Å². The van der Waals surface area contributed by atoms with Crippen LogP contribution in [0.2, 0.25) is 0 Å². The van der Waals surface area contributed by atoms with Crippen LogP contribution in [-0.2, 0) is 14.4 Å². The number of rotatable bonds is 4. The molecule has 4 saturated carbocycles. The zero-order valence-corrected chi connectivity index (χ0v) is 20.7. The van der Waals surface area contributed by atoms with E-state index < -0.39 is 12.1 Å². The summed E-state index contributed by atoms with van der Waals surface area (Å²) in [5, 5.41) is 19.9. The van der Waals surface area contributed by atoms with E-state index in [0.29, 0.717) is 25.7 Å². The summed E-state index contributed by atoms with van der Waals surface area (Å²) in [7, 11) is 0. The van der Waals surface area contributed by atoms with Crippen molar-refractivity contribution >= 4 is 17.5 Å². The van der Waals surface area contributed by atoms with Crippen LogP contribution >= 0.6 is 0 Å². The summed E-state index contributed by atoms with van der Waals surface area (Å²) in [6, 6.07) is 0. The van der Waals surface area contributed by atoms with Crippen LogP contribution in [0.4, 0.5) is 0 Å². The Morgan fingerprint density at radius 2 is 1.66 bits per heavy atom. The van der Waals surface area contributed by atoms with Crippen molar-refractivity contribution in [3.05, 3.63) is 0 Å². The average molecular weight is 447 g/mol. The van der Waals surface area contributed by atoms with Gasteiger partial charge in [-0.2, -0.15) is 0 Å². The van der Waals surface area contributed by atoms with Gasteiger partial charge in [0.15, 0.2) is 0 Å². The zero-order chi connectivity index (χ0) is 23.9. The molecule has 32 heavy (non-hydrogen) atoms. The molecule has 2 N–H and O–H groups in total. The topological polar surface area (TPSA) is 91.7 Å². The predicted molar refractivity (Wildman–Crippen MR) is 122 cm³/mol. The largest absolute Gasteiger partial charge is 0.481 e. The van der Waals surface area contributed by atoms with Crippen molar-refractivity contribution < 1.29 is 24.6 Å². The van der Waals surface area contributed by atoms with Gasteiger partial charge in [-0.15, -0.1) is 0 Å². The molecule has 0 saturated heterocycles. The maximum atomic E-state index is 13.9. The first-order chi connectivity index (χ1) is 14.7. The van der Waals surface area contributed by atoms with Crippen molar-refractivity contribution in [1.82, 2.24) is 0 Å². The number of carbonyl (C=O) groups is 3. The molecule has 4 aliphatic carbocycles. The van der Waals surface area contributed by atoms with Crippen molar-refractivity contribution in [2.75, 3.05) is 0 Å². The average Bonchev–Trinajstić information content (AvgIpc) is 2.96. The first-order valence-corrected chi connectivity index (χ1v) is 12.7. The van der Waals surface area contributed by atoms with E-state index in [-0.39, 0.29) is 69.2 Å². The van der Waals surface area contributed by atoms with Gasteiger partial charge >= 0.3 is 5.97 Å². The van der Waals surface area contributed by atoms with Gasteiger partial charge in [-0.05, 0) is 71.5 Å². The van der Waals surface area contributed by atoms with Gasteiger partial charge in [0.25, 0.3) is 0 Å². The maximum Gasteiger partial charge on any atom is 0.303 e. The van der Waals surface area contributed by atoms with Gasteiger partial charge in [0.2, 0.25) is 0 Å². The minimum atomic E-state index is -0.772. The van der Waals surface area contributed by atoms with E-state index >= 15 is 0 Å². The first kappa shape index (κ1) is 23.9. The molecule has 4 aliphatic rings. The summed E-state index contributed by atoms with van der Waals surface area (Å²) in [6.45, 7) is 13.0. The van der Waals surface area contributed by atoms with Crippen LogP contribution in [0.25, 0.3) is 0 Å². The predicted octanol–water partition coefficient (Wildman–Crippen LogP) is 4.89. The smallest absolute Gasteiger partial charge is 0.303 e. The van der Waals surface area contributed by atoms with Gasteiger partial charge in [0.1, 0.15) is 11.6 Å². The third kappa shape index (κ3) is 3.02. The molecule has 5 heteroatoms. The summed E-state index contributed by atoms with van der Waals surface area (Å²) in [5.74, 6) is -0.320. The Bertz CT molecular complexity index is 832. The fraction of sp³-hybridized carbons (Fsp3) is 0.889. The molecule has 0 aliphatic heterocycles. The van der Waals surface area contributed by atoms with Crippen LogP contribution in [-0.4, -0.2) is 33.9 Å². The number of carboxylic acid groups (broad SMARTS) is 1. The molecule has 0 radical (unpaired) electrons. The number of ketones is 2. The second-order valence-corrected chi connectivity index (χ2v) is 13.1. The normalized spacial score (nSPS) is 48.5. The van der Waals surface area contributed by atoms with Crippen molar-refractivity contribution in [1.29, 1.82) is 0 Å². The highest BCUT2D eigenvalue weighted by Gasteiger charge is 2.72. The monoisotopic (exact) mass is 446 g/mol. The number of Topliss-reactive ketones (excluding diaryl/α,β-unsaturated/α-hetero) is 2. The van der Waals surface area contributed by atoms with Crippen LogP contribution in [0.15, 0.2) is 0 Å². The van der Waals surface area contributed by atoms with E-state index in [1.54, 1.807) is 0 Å². The highest BCUT2D eigenvalue weighted by atomic mass is 16.4. The molecule has 0 aromatic heterocycles. The van der Waals surface area contributed by atoms with Gasteiger partial charge in [-0.3, -0.25) is 14.4 Å². The number of fused-ring (bicyclic) bond motifs is 5. The van der Waals surface area contributed by atoms with E-state index in [0.717, 1.165) is 19.3 Å².